The fraction of sp³-hybridized carbons (Fsp3) is 0.154. The molecular weight excluding hydrogens is 628 g/mol. The molecular formula is C26H18BrCl3FNO4S. The van der Waals surface area contributed by atoms with E-state index in [4.69, 9.17) is 44.3 Å². The molecule has 1 saturated heterocycles. The summed E-state index contributed by atoms with van der Waals surface area (Å²) in [6.07, 6.45) is 1.60. The van der Waals surface area contributed by atoms with Gasteiger partial charge in [-0.05, 0) is 93.8 Å². The van der Waals surface area contributed by atoms with E-state index in [1.54, 1.807) is 30.3 Å². The van der Waals surface area contributed by atoms with Gasteiger partial charge in [0.2, 0.25) is 0 Å². The molecule has 5 nitrogen and oxygen atoms in total. The van der Waals surface area contributed by atoms with Crippen LogP contribution in [0.15, 0.2) is 57.9 Å². The zero-order valence-electron chi connectivity index (χ0n) is 19.2. The average molecular weight is 646 g/mol. The standard InChI is InChI=1S/C26H18BrCl3FNO4S/c1-2-35-22-9-15(7-18(27)24(22)36-13-14-3-6-19(28)21(30)8-14)10-23-25(33)32(26(34)37-23)12-16-4-5-17(31)11-20(16)29/h3-11H,2,12-13H2,1H3/b23-10-. The molecule has 192 valence electrons. The number of carbonyl (C=O) groups excluding carboxylic acids is 2. The van der Waals surface area contributed by atoms with Crippen molar-refractivity contribution >= 4 is 79.7 Å². The largest absolute Gasteiger partial charge is 0.490 e. The van der Waals surface area contributed by atoms with Crippen LogP contribution >= 0.6 is 62.5 Å². The van der Waals surface area contributed by atoms with Crippen molar-refractivity contribution in [2.45, 2.75) is 20.1 Å². The number of nitrogens with zero attached hydrogens (tertiary/aromatic N) is 1. The summed E-state index contributed by atoms with van der Waals surface area (Å²) < 4.78 is 25.7. The summed E-state index contributed by atoms with van der Waals surface area (Å²) in [4.78, 5) is 26.9. The predicted molar refractivity (Wildman–Crippen MR) is 149 cm³/mol. The second-order valence-corrected chi connectivity index (χ2v) is 10.9. The molecule has 3 aromatic carbocycles. The molecule has 0 saturated carbocycles. The van der Waals surface area contributed by atoms with Crippen LogP contribution in [0.2, 0.25) is 15.1 Å². The van der Waals surface area contributed by atoms with E-state index >= 15 is 0 Å². The van der Waals surface area contributed by atoms with E-state index < -0.39 is 17.0 Å². The zero-order chi connectivity index (χ0) is 26.7. The van der Waals surface area contributed by atoms with Gasteiger partial charge >= 0.3 is 0 Å². The number of imide groups is 1. The van der Waals surface area contributed by atoms with Gasteiger partial charge in [-0.15, -0.1) is 0 Å². The third-order valence-corrected chi connectivity index (χ3v) is 7.80. The zero-order valence-corrected chi connectivity index (χ0v) is 23.9. The summed E-state index contributed by atoms with van der Waals surface area (Å²) in [6, 6.07) is 12.5. The lowest BCUT2D eigenvalue weighted by molar-refractivity contribution is -0.123. The van der Waals surface area contributed by atoms with Crippen LogP contribution in [-0.4, -0.2) is 22.7 Å². The van der Waals surface area contributed by atoms with Crippen molar-refractivity contribution in [2.75, 3.05) is 6.61 Å². The minimum absolute atomic E-state index is 0.0590. The minimum atomic E-state index is -0.497. The summed E-state index contributed by atoms with van der Waals surface area (Å²) in [7, 11) is 0. The molecule has 0 bridgehead atoms. The van der Waals surface area contributed by atoms with Gasteiger partial charge in [-0.25, -0.2) is 4.39 Å². The highest BCUT2D eigenvalue weighted by molar-refractivity contribution is 9.10. The Balaban J connectivity index is 1.55. The smallest absolute Gasteiger partial charge is 0.293 e. The van der Waals surface area contributed by atoms with Crippen LogP contribution in [0, 0.1) is 5.82 Å². The van der Waals surface area contributed by atoms with Crippen molar-refractivity contribution in [3.63, 3.8) is 0 Å². The second-order valence-electron chi connectivity index (χ2n) is 7.80. The van der Waals surface area contributed by atoms with Crippen LogP contribution in [-0.2, 0) is 17.9 Å². The molecule has 4 rings (SSSR count). The number of rotatable bonds is 8. The summed E-state index contributed by atoms with van der Waals surface area (Å²) >= 11 is 22.5. The Morgan fingerprint density at radius 3 is 2.49 bits per heavy atom. The van der Waals surface area contributed by atoms with Crippen LogP contribution < -0.4 is 9.47 Å². The number of thioether (sulfide) groups is 1. The van der Waals surface area contributed by atoms with E-state index in [2.05, 4.69) is 15.9 Å². The molecule has 2 amide bonds. The van der Waals surface area contributed by atoms with Crippen molar-refractivity contribution in [1.82, 2.24) is 4.90 Å². The molecule has 3 aromatic rings. The maximum absolute atomic E-state index is 13.4. The Labute approximate surface area is 240 Å². The fourth-order valence-corrected chi connectivity index (χ4v) is 5.43. The van der Waals surface area contributed by atoms with E-state index in [1.807, 2.05) is 13.0 Å². The first-order chi connectivity index (χ1) is 17.7. The molecule has 1 aliphatic heterocycles. The minimum Gasteiger partial charge on any atom is -0.490 e. The van der Waals surface area contributed by atoms with Crippen LogP contribution in [0.5, 0.6) is 11.5 Å². The Hall–Kier alpha value is -2.23. The normalized spacial score (nSPS) is 14.5. The molecule has 0 aromatic heterocycles. The van der Waals surface area contributed by atoms with Gasteiger partial charge in [-0.2, -0.15) is 0 Å². The molecule has 0 N–H and O–H groups in total. The first-order valence-corrected chi connectivity index (χ1v) is 13.6. The van der Waals surface area contributed by atoms with E-state index in [1.165, 1.54) is 12.1 Å². The monoisotopic (exact) mass is 643 g/mol. The lowest BCUT2D eigenvalue weighted by Crippen LogP contribution is -2.27. The van der Waals surface area contributed by atoms with Crippen LogP contribution in [0.1, 0.15) is 23.6 Å². The lowest BCUT2D eigenvalue weighted by atomic mass is 10.1. The summed E-state index contributed by atoms with van der Waals surface area (Å²) in [6.45, 7) is 2.39. The van der Waals surface area contributed by atoms with Gasteiger partial charge in [-0.1, -0.05) is 46.9 Å². The third-order valence-electron chi connectivity index (χ3n) is 5.21. The highest BCUT2D eigenvalue weighted by atomic mass is 79.9. The van der Waals surface area contributed by atoms with Crippen molar-refractivity contribution in [1.29, 1.82) is 0 Å². The van der Waals surface area contributed by atoms with Crippen LogP contribution in [0.3, 0.4) is 0 Å². The number of amides is 2. The Morgan fingerprint density at radius 2 is 1.78 bits per heavy atom. The second kappa shape index (κ2) is 12.1. The van der Waals surface area contributed by atoms with Gasteiger partial charge in [0.1, 0.15) is 12.4 Å². The van der Waals surface area contributed by atoms with Gasteiger partial charge in [-0.3, -0.25) is 14.5 Å². The molecule has 11 heteroatoms. The first-order valence-electron chi connectivity index (χ1n) is 10.9. The number of benzene rings is 3. The third kappa shape index (κ3) is 6.62. The molecule has 37 heavy (non-hydrogen) atoms. The number of carbonyl (C=O) groups is 2. The molecule has 1 fully saturated rings. The Kier molecular flexibility index (Phi) is 9.08. The van der Waals surface area contributed by atoms with E-state index in [9.17, 15) is 14.0 Å². The molecule has 0 atom stereocenters. The molecule has 0 unspecified atom stereocenters. The Bertz CT molecular complexity index is 1420. The molecule has 0 spiro atoms. The number of halogens is 5. The van der Waals surface area contributed by atoms with Gasteiger partial charge in [0.25, 0.3) is 11.1 Å². The quantitative estimate of drug-likeness (QED) is 0.229. The number of hydrogen-bond donors (Lipinski definition) is 0. The number of ether oxygens (including phenoxy) is 2. The van der Waals surface area contributed by atoms with Crippen LogP contribution in [0.4, 0.5) is 9.18 Å². The maximum Gasteiger partial charge on any atom is 0.293 e. The van der Waals surface area contributed by atoms with Crippen molar-refractivity contribution in [2.24, 2.45) is 0 Å². The maximum atomic E-state index is 13.4. The van der Waals surface area contributed by atoms with Gasteiger partial charge in [0.15, 0.2) is 11.5 Å². The number of hydrogen-bond acceptors (Lipinski definition) is 5. The summed E-state index contributed by atoms with van der Waals surface area (Å²) in [5.41, 5.74) is 1.92. The molecule has 1 aliphatic rings. The highest BCUT2D eigenvalue weighted by Gasteiger charge is 2.35. The average Bonchev–Trinajstić information content (AvgIpc) is 3.09. The molecule has 0 radical (unpaired) electrons. The van der Waals surface area contributed by atoms with Gasteiger partial charge in [0.05, 0.1) is 32.6 Å². The fourth-order valence-electron chi connectivity index (χ4n) is 3.47. The first kappa shape index (κ1) is 27.8. The summed E-state index contributed by atoms with van der Waals surface area (Å²) in [5, 5.41) is 0.584. The topological polar surface area (TPSA) is 55.8 Å². The van der Waals surface area contributed by atoms with Gasteiger partial charge in [0, 0.05) is 5.02 Å². The summed E-state index contributed by atoms with van der Waals surface area (Å²) in [5.74, 6) is -0.0306. The van der Waals surface area contributed by atoms with Crippen molar-refractivity contribution < 1.29 is 23.5 Å². The lowest BCUT2D eigenvalue weighted by Gasteiger charge is -2.15. The van der Waals surface area contributed by atoms with Gasteiger partial charge < -0.3 is 9.47 Å². The van der Waals surface area contributed by atoms with E-state index in [0.717, 1.165) is 28.3 Å². The predicted octanol–water partition coefficient (Wildman–Crippen LogP) is 8.76. The van der Waals surface area contributed by atoms with Crippen molar-refractivity contribution in [3.05, 3.63) is 95.5 Å². The van der Waals surface area contributed by atoms with Crippen molar-refractivity contribution in [3.8, 4) is 11.5 Å². The Morgan fingerprint density at radius 1 is 1.00 bits per heavy atom. The van der Waals surface area contributed by atoms with E-state index in [-0.39, 0.29) is 23.1 Å². The highest BCUT2D eigenvalue weighted by Crippen LogP contribution is 2.40. The van der Waals surface area contributed by atoms with Crippen LogP contribution in [0.25, 0.3) is 6.08 Å². The van der Waals surface area contributed by atoms with E-state index in [0.29, 0.717) is 43.8 Å². The molecule has 1 heterocycles. The SMILES string of the molecule is CCOc1cc(/C=C2\SC(=O)N(Cc3ccc(F)cc3Cl)C2=O)cc(Br)c1OCc1ccc(Cl)c(Cl)c1. The molecule has 0 aliphatic carbocycles.